The first-order chi connectivity index (χ1) is 9.81. The Bertz CT molecular complexity index is 178. The van der Waals surface area contributed by atoms with Crippen molar-refractivity contribution in [3.63, 3.8) is 0 Å². The summed E-state index contributed by atoms with van der Waals surface area (Å²) in [5.41, 5.74) is 0. The summed E-state index contributed by atoms with van der Waals surface area (Å²) < 4.78 is 21.2. The fourth-order valence-electron chi connectivity index (χ4n) is 1.75. The monoisotopic (exact) mass is 292 g/mol. The zero-order valence-electron chi connectivity index (χ0n) is 13.1. The molecule has 20 heavy (non-hydrogen) atoms. The van der Waals surface area contributed by atoms with Crippen molar-refractivity contribution in [2.45, 2.75) is 33.1 Å². The molecule has 1 N–H and O–H groups in total. The molecular weight excluding hydrogens is 260 g/mol. The molecule has 0 fully saturated rings. The predicted octanol–water partition coefficient (Wildman–Crippen LogP) is 1.87. The number of rotatable bonds is 16. The van der Waals surface area contributed by atoms with Crippen LogP contribution in [0.1, 0.15) is 33.1 Å². The van der Waals surface area contributed by atoms with Gasteiger partial charge in [-0.2, -0.15) is 0 Å². The van der Waals surface area contributed by atoms with Gasteiger partial charge < -0.3 is 24.1 Å². The van der Waals surface area contributed by atoms with Gasteiger partial charge in [0.05, 0.1) is 52.9 Å². The third kappa shape index (κ3) is 15.9. The number of aliphatic hydroxyl groups excluding tert-OH is 1. The summed E-state index contributed by atoms with van der Waals surface area (Å²) in [4.78, 5) is 0. The van der Waals surface area contributed by atoms with Crippen LogP contribution in [0.4, 0.5) is 0 Å². The second-order valence-corrected chi connectivity index (χ2v) is 4.86. The van der Waals surface area contributed by atoms with Gasteiger partial charge in [-0.25, -0.2) is 0 Å². The maximum Gasteiger partial charge on any atom is 0.0701 e. The van der Waals surface area contributed by atoms with E-state index in [1.54, 1.807) is 0 Å². The number of hydrogen-bond acceptors (Lipinski definition) is 5. The smallest absolute Gasteiger partial charge is 0.0701 e. The highest BCUT2D eigenvalue weighted by Crippen LogP contribution is 2.09. The average molecular weight is 292 g/mol. The van der Waals surface area contributed by atoms with Crippen molar-refractivity contribution in [2.75, 3.05) is 59.5 Å². The minimum atomic E-state index is 0.0559. The number of hydrogen-bond donors (Lipinski definition) is 1. The predicted molar refractivity (Wildman–Crippen MR) is 79.1 cm³/mol. The van der Waals surface area contributed by atoms with Crippen LogP contribution < -0.4 is 0 Å². The molecular formula is C15H32O5. The molecule has 0 bridgehead atoms. The van der Waals surface area contributed by atoms with E-state index in [-0.39, 0.29) is 6.61 Å². The minimum Gasteiger partial charge on any atom is -0.394 e. The molecule has 0 radical (unpaired) electrons. The SMILES string of the molecule is CCCC(C)CCOCCOCCOCCOCCO. The molecule has 122 valence electrons. The average Bonchev–Trinajstić information content (AvgIpc) is 2.44. The molecule has 0 aromatic heterocycles. The minimum absolute atomic E-state index is 0.0559. The van der Waals surface area contributed by atoms with Gasteiger partial charge in [-0.3, -0.25) is 0 Å². The highest BCUT2D eigenvalue weighted by molar-refractivity contribution is 4.50. The summed E-state index contributed by atoms with van der Waals surface area (Å²) in [6.07, 6.45) is 3.65. The van der Waals surface area contributed by atoms with Crippen LogP contribution in [0.3, 0.4) is 0 Å². The first kappa shape index (κ1) is 19.8. The van der Waals surface area contributed by atoms with E-state index in [0.717, 1.165) is 18.9 Å². The highest BCUT2D eigenvalue weighted by Gasteiger charge is 2.00. The molecule has 5 heteroatoms. The Morgan fingerprint density at radius 2 is 1.15 bits per heavy atom. The lowest BCUT2D eigenvalue weighted by Gasteiger charge is -2.10. The topological polar surface area (TPSA) is 57.2 Å². The third-order valence-electron chi connectivity index (χ3n) is 2.89. The molecule has 1 unspecified atom stereocenters. The van der Waals surface area contributed by atoms with Crippen LogP contribution in [0.15, 0.2) is 0 Å². The van der Waals surface area contributed by atoms with E-state index >= 15 is 0 Å². The Kier molecular flexibility index (Phi) is 16.7. The zero-order chi connectivity index (χ0) is 14.9. The van der Waals surface area contributed by atoms with Gasteiger partial charge in [0.25, 0.3) is 0 Å². The van der Waals surface area contributed by atoms with Gasteiger partial charge in [0.15, 0.2) is 0 Å². The molecule has 0 heterocycles. The van der Waals surface area contributed by atoms with Gasteiger partial charge in [-0.15, -0.1) is 0 Å². The van der Waals surface area contributed by atoms with Crippen LogP contribution in [-0.2, 0) is 18.9 Å². The quantitative estimate of drug-likeness (QED) is 0.440. The maximum atomic E-state index is 8.49. The Morgan fingerprint density at radius 1 is 0.700 bits per heavy atom. The second kappa shape index (κ2) is 16.9. The van der Waals surface area contributed by atoms with E-state index in [0.29, 0.717) is 46.2 Å². The van der Waals surface area contributed by atoms with Crippen molar-refractivity contribution < 1.29 is 24.1 Å². The number of ether oxygens (including phenoxy) is 4. The maximum absolute atomic E-state index is 8.49. The lowest BCUT2D eigenvalue weighted by atomic mass is 10.0. The molecule has 0 aromatic rings. The Hall–Kier alpha value is -0.200. The van der Waals surface area contributed by atoms with Crippen LogP contribution in [0, 0.1) is 5.92 Å². The van der Waals surface area contributed by atoms with Crippen LogP contribution in [0.5, 0.6) is 0 Å². The lowest BCUT2D eigenvalue weighted by molar-refractivity contribution is -0.00642. The van der Waals surface area contributed by atoms with Crippen LogP contribution in [-0.4, -0.2) is 64.6 Å². The van der Waals surface area contributed by atoms with E-state index in [1.807, 2.05) is 0 Å². The van der Waals surface area contributed by atoms with Crippen molar-refractivity contribution in [3.05, 3.63) is 0 Å². The summed E-state index contributed by atoms with van der Waals surface area (Å²) >= 11 is 0. The van der Waals surface area contributed by atoms with Crippen molar-refractivity contribution >= 4 is 0 Å². The first-order valence-corrected chi connectivity index (χ1v) is 7.73. The van der Waals surface area contributed by atoms with E-state index in [1.165, 1.54) is 12.8 Å². The van der Waals surface area contributed by atoms with Crippen LogP contribution >= 0.6 is 0 Å². The molecule has 0 aliphatic heterocycles. The van der Waals surface area contributed by atoms with Gasteiger partial charge in [-0.1, -0.05) is 26.7 Å². The van der Waals surface area contributed by atoms with Gasteiger partial charge in [0.1, 0.15) is 0 Å². The van der Waals surface area contributed by atoms with Gasteiger partial charge in [0, 0.05) is 6.61 Å². The van der Waals surface area contributed by atoms with Crippen molar-refractivity contribution in [3.8, 4) is 0 Å². The zero-order valence-corrected chi connectivity index (χ0v) is 13.1. The van der Waals surface area contributed by atoms with E-state index in [9.17, 15) is 0 Å². The molecule has 0 saturated heterocycles. The van der Waals surface area contributed by atoms with Crippen molar-refractivity contribution in [1.29, 1.82) is 0 Å². The van der Waals surface area contributed by atoms with Crippen LogP contribution in [0.2, 0.25) is 0 Å². The van der Waals surface area contributed by atoms with Gasteiger partial charge in [-0.05, 0) is 12.3 Å². The molecule has 0 spiro atoms. The molecule has 0 aliphatic rings. The molecule has 0 rings (SSSR count). The fraction of sp³-hybridized carbons (Fsp3) is 1.00. The van der Waals surface area contributed by atoms with Gasteiger partial charge >= 0.3 is 0 Å². The fourth-order valence-corrected chi connectivity index (χ4v) is 1.75. The Morgan fingerprint density at radius 3 is 1.60 bits per heavy atom. The largest absolute Gasteiger partial charge is 0.394 e. The van der Waals surface area contributed by atoms with E-state index in [2.05, 4.69) is 13.8 Å². The summed E-state index contributed by atoms with van der Waals surface area (Å²) in [6, 6.07) is 0. The Balaban J connectivity index is 2.99. The molecule has 0 saturated carbocycles. The number of aliphatic hydroxyl groups is 1. The first-order valence-electron chi connectivity index (χ1n) is 7.73. The summed E-state index contributed by atoms with van der Waals surface area (Å²) in [6.45, 7) is 9.19. The molecule has 0 aliphatic carbocycles. The molecule has 0 aromatic carbocycles. The van der Waals surface area contributed by atoms with Crippen molar-refractivity contribution in [1.82, 2.24) is 0 Å². The molecule has 1 atom stereocenters. The standard InChI is InChI=1S/C15H32O5/c1-3-4-15(2)5-7-17-9-11-19-13-14-20-12-10-18-8-6-16/h15-16H,3-14H2,1-2H3. The Labute approximate surface area is 123 Å². The molecule has 5 nitrogen and oxygen atoms in total. The molecule has 0 amide bonds. The van der Waals surface area contributed by atoms with Gasteiger partial charge in [0.2, 0.25) is 0 Å². The summed E-state index contributed by atoms with van der Waals surface area (Å²) in [7, 11) is 0. The van der Waals surface area contributed by atoms with E-state index < -0.39 is 0 Å². The normalized spacial score (nSPS) is 12.8. The van der Waals surface area contributed by atoms with Crippen molar-refractivity contribution in [2.24, 2.45) is 5.92 Å². The summed E-state index contributed by atoms with van der Waals surface area (Å²) in [5.74, 6) is 0.752. The van der Waals surface area contributed by atoms with E-state index in [4.69, 9.17) is 24.1 Å². The highest BCUT2D eigenvalue weighted by atomic mass is 16.6. The summed E-state index contributed by atoms with van der Waals surface area (Å²) in [5, 5.41) is 8.49. The van der Waals surface area contributed by atoms with Crippen LogP contribution in [0.25, 0.3) is 0 Å². The third-order valence-corrected chi connectivity index (χ3v) is 2.89. The second-order valence-electron chi connectivity index (χ2n) is 4.86. The lowest BCUT2D eigenvalue weighted by Crippen LogP contribution is -2.13.